The van der Waals surface area contributed by atoms with E-state index >= 15 is 0 Å². The van der Waals surface area contributed by atoms with Crippen LogP contribution in [0.1, 0.15) is 0 Å². The monoisotopic (exact) mass is 185 g/mol. The van der Waals surface area contributed by atoms with Crippen LogP contribution in [0.25, 0.3) is 0 Å². The van der Waals surface area contributed by atoms with Gasteiger partial charge in [-0.15, -0.1) is 0 Å². The standard InChI is InChI=1S/C8H5F2NO2/c9-3-1-4(10)6-5(2-3)11-8(13)7(6)12/h1-2,4,6H,(H,11,13). The second kappa shape index (κ2) is 2.48. The smallest absolute Gasteiger partial charge is 0.292 e. The summed E-state index contributed by atoms with van der Waals surface area (Å²) in [4.78, 5) is 21.8. The Labute approximate surface area is 72.1 Å². The topological polar surface area (TPSA) is 46.2 Å². The first kappa shape index (κ1) is 8.10. The Morgan fingerprint density at radius 1 is 1.38 bits per heavy atom. The molecule has 2 atom stereocenters. The van der Waals surface area contributed by atoms with E-state index in [1.54, 1.807) is 0 Å². The molecule has 0 aromatic carbocycles. The van der Waals surface area contributed by atoms with Gasteiger partial charge >= 0.3 is 0 Å². The number of nitrogens with one attached hydrogen (secondary N) is 1. The summed E-state index contributed by atoms with van der Waals surface area (Å²) in [5.41, 5.74) is 0.0162. The molecule has 2 unspecified atom stereocenters. The number of hydrogen-bond donors (Lipinski definition) is 1. The molecule has 1 N–H and O–H groups in total. The Kier molecular flexibility index (Phi) is 1.55. The summed E-state index contributed by atoms with van der Waals surface area (Å²) in [5.74, 6) is -3.65. The van der Waals surface area contributed by atoms with Crippen molar-refractivity contribution in [1.82, 2.24) is 5.32 Å². The van der Waals surface area contributed by atoms with Gasteiger partial charge in [-0.1, -0.05) is 0 Å². The number of carbonyl (C=O) groups is 2. The molecule has 0 bridgehead atoms. The Balaban J connectivity index is 2.42. The first-order chi connectivity index (χ1) is 6.09. The number of allylic oxidation sites excluding steroid dienone is 4. The summed E-state index contributed by atoms with van der Waals surface area (Å²) in [6.45, 7) is 0. The molecule has 5 heteroatoms. The van der Waals surface area contributed by atoms with E-state index in [-0.39, 0.29) is 5.70 Å². The molecule has 1 amide bonds. The minimum Gasteiger partial charge on any atom is -0.322 e. The van der Waals surface area contributed by atoms with Crippen LogP contribution in [0, 0.1) is 5.92 Å². The van der Waals surface area contributed by atoms with E-state index in [0.717, 1.165) is 6.08 Å². The highest BCUT2D eigenvalue weighted by atomic mass is 19.1. The first-order valence-electron chi connectivity index (χ1n) is 3.68. The number of fused-ring (bicyclic) bond motifs is 1. The van der Waals surface area contributed by atoms with Crippen LogP contribution >= 0.6 is 0 Å². The van der Waals surface area contributed by atoms with Gasteiger partial charge in [-0.2, -0.15) is 0 Å². The van der Waals surface area contributed by atoms with Crippen molar-refractivity contribution in [2.45, 2.75) is 6.17 Å². The van der Waals surface area contributed by atoms with Gasteiger partial charge in [-0.05, 0) is 12.2 Å². The van der Waals surface area contributed by atoms with E-state index in [1.807, 2.05) is 0 Å². The average Bonchev–Trinajstić information content (AvgIpc) is 2.27. The lowest BCUT2D eigenvalue weighted by Gasteiger charge is -2.14. The zero-order valence-electron chi connectivity index (χ0n) is 6.38. The summed E-state index contributed by atoms with van der Waals surface area (Å²) >= 11 is 0. The van der Waals surface area contributed by atoms with Gasteiger partial charge in [0.2, 0.25) is 5.78 Å². The minimum absolute atomic E-state index is 0.0162. The summed E-state index contributed by atoms with van der Waals surface area (Å²) in [7, 11) is 0. The third-order valence-corrected chi connectivity index (χ3v) is 2.03. The number of carbonyl (C=O) groups excluding carboxylic acids is 2. The summed E-state index contributed by atoms with van der Waals surface area (Å²) < 4.78 is 25.7. The van der Waals surface area contributed by atoms with Gasteiger partial charge in [0.15, 0.2) is 0 Å². The summed E-state index contributed by atoms with van der Waals surface area (Å²) in [6, 6.07) is 0. The van der Waals surface area contributed by atoms with Gasteiger partial charge in [-0.25, -0.2) is 8.78 Å². The van der Waals surface area contributed by atoms with Gasteiger partial charge < -0.3 is 5.32 Å². The highest BCUT2D eigenvalue weighted by Crippen LogP contribution is 2.30. The van der Waals surface area contributed by atoms with Crippen molar-refractivity contribution in [2.24, 2.45) is 5.92 Å². The Morgan fingerprint density at radius 3 is 2.77 bits per heavy atom. The number of alkyl halides is 1. The van der Waals surface area contributed by atoms with Crippen molar-refractivity contribution < 1.29 is 18.4 Å². The molecular formula is C8H5F2NO2. The summed E-state index contributed by atoms with van der Waals surface area (Å²) in [6.07, 6.45) is -0.0953. The van der Waals surface area contributed by atoms with Gasteiger partial charge in [-0.3, -0.25) is 9.59 Å². The second-order valence-electron chi connectivity index (χ2n) is 2.89. The zero-order valence-corrected chi connectivity index (χ0v) is 6.38. The summed E-state index contributed by atoms with van der Waals surface area (Å²) in [5, 5.41) is 2.12. The normalized spacial score (nSPS) is 32.2. The van der Waals surface area contributed by atoms with E-state index < -0.39 is 29.6 Å². The third kappa shape index (κ3) is 1.07. The Hall–Kier alpha value is -1.52. The molecular weight excluding hydrogens is 180 g/mol. The van der Waals surface area contributed by atoms with Gasteiger partial charge in [0.05, 0.1) is 0 Å². The van der Waals surface area contributed by atoms with Crippen LogP contribution in [0.15, 0.2) is 23.7 Å². The lowest BCUT2D eigenvalue weighted by atomic mass is 9.94. The van der Waals surface area contributed by atoms with Gasteiger partial charge in [0.25, 0.3) is 5.91 Å². The highest BCUT2D eigenvalue weighted by molar-refractivity contribution is 6.40. The third-order valence-electron chi connectivity index (χ3n) is 2.03. The fourth-order valence-corrected chi connectivity index (χ4v) is 1.44. The lowest BCUT2D eigenvalue weighted by Crippen LogP contribution is -2.24. The molecule has 1 aliphatic carbocycles. The molecule has 0 spiro atoms. The number of hydrogen-bond acceptors (Lipinski definition) is 2. The number of ketones is 1. The number of Topliss-reactive ketones (excluding diaryl/α,β-unsaturated/α-hetero) is 1. The molecule has 2 aliphatic rings. The number of rotatable bonds is 0. The van der Waals surface area contributed by atoms with Crippen LogP contribution in [0.4, 0.5) is 8.78 Å². The highest BCUT2D eigenvalue weighted by Gasteiger charge is 2.43. The van der Waals surface area contributed by atoms with Crippen molar-refractivity contribution in [3.05, 3.63) is 23.7 Å². The SMILES string of the molecule is O=C1NC2=CC(F)=CC(F)C2C1=O. The van der Waals surface area contributed by atoms with Crippen LogP contribution < -0.4 is 5.32 Å². The number of amides is 1. The van der Waals surface area contributed by atoms with Crippen molar-refractivity contribution in [3.8, 4) is 0 Å². The number of halogens is 2. The van der Waals surface area contributed by atoms with Crippen LogP contribution in [0.3, 0.4) is 0 Å². The molecule has 1 saturated heterocycles. The van der Waals surface area contributed by atoms with Gasteiger partial charge in [0, 0.05) is 5.70 Å². The lowest BCUT2D eigenvalue weighted by molar-refractivity contribution is -0.137. The maximum Gasteiger partial charge on any atom is 0.292 e. The van der Waals surface area contributed by atoms with Crippen LogP contribution in [0.5, 0.6) is 0 Å². The van der Waals surface area contributed by atoms with Crippen molar-refractivity contribution in [1.29, 1.82) is 0 Å². The molecule has 13 heavy (non-hydrogen) atoms. The molecule has 0 aromatic rings. The molecule has 68 valence electrons. The van der Waals surface area contributed by atoms with Crippen molar-refractivity contribution in [2.75, 3.05) is 0 Å². The predicted octanol–water partition coefficient (Wildman–Crippen LogP) is 0.390. The fraction of sp³-hybridized carbons (Fsp3) is 0.250. The molecule has 2 rings (SSSR count). The minimum atomic E-state index is -1.74. The van der Waals surface area contributed by atoms with E-state index in [0.29, 0.717) is 6.08 Å². The fourth-order valence-electron chi connectivity index (χ4n) is 1.44. The average molecular weight is 185 g/mol. The molecule has 0 radical (unpaired) electrons. The maximum atomic E-state index is 13.0. The second-order valence-corrected chi connectivity index (χ2v) is 2.89. The van der Waals surface area contributed by atoms with E-state index in [9.17, 15) is 18.4 Å². The molecule has 3 nitrogen and oxygen atoms in total. The van der Waals surface area contributed by atoms with Crippen LogP contribution in [0.2, 0.25) is 0 Å². The first-order valence-corrected chi connectivity index (χ1v) is 3.68. The van der Waals surface area contributed by atoms with Crippen LogP contribution in [-0.2, 0) is 9.59 Å². The molecule has 1 aliphatic heterocycles. The zero-order chi connectivity index (χ0) is 9.59. The van der Waals surface area contributed by atoms with Crippen molar-refractivity contribution >= 4 is 11.7 Å². The Bertz CT molecular complexity index is 359. The Morgan fingerprint density at radius 2 is 2.08 bits per heavy atom. The van der Waals surface area contributed by atoms with Crippen molar-refractivity contribution in [3.63, 3.8) is 0 Å². The molecule has 1 heterocycles. The van der Waals surface area contributed by atoms with E-state index in [4.69, 9.17) is 0 Å². The van der Waals surface area contributed by atoms with Gasteiger partial charge in [0.1, 0.15) is 17.9 Å². The molecule has 0 saturated carbocycles. The van der Waals surface area contributed by atoms with Crippen LogP contribution in [-0.4, -0.2) is 17.9 Å². The van der Waals surface area contributed by atoms with E-state index in [1.165, 1.54) is 0 Å². The molecule has 0 aromatic heterocycles. The quantitative estimate of drug-likeness (QED) is 0.555. The predicted molar refractivity (Wildman–Crippen MR) is 38.8 cm³/mol. The maximum absolute atomic E-state index is 13.0. The molecule has 1 fully saturated rings. The van der Waals surface area contributed by atoms with E-state index in [2.05, 4.69) is 5.32 Å². The largest absolute Gasteiger partial charge is 0.322 e.